The summed E-state index contributed by atoms with van der Waals surface area (Å²) in [5.74, 6) is 0. The highest BCUT2D eigenvalue weighted by Gasteiger charge is 2.15. The normalized spacial score (nSPS) is 17.4. The van der Waals surface area contributed by atoms with E-state index in [-0.39, 0.29) is 0 Å². The van der Waals surface area contributed by atoms with Crippen LogP contribution in [0.3, 0.4) is 0 Å². The van der Waals surface area contributed by atoms with Gasteiger partial charge in [-0.05, 0) is 24.5 Å². The Morgan fingerprint density at radius 1 is 1.37 bits per heavy atom. The predicted octanol–water partition coefficient (Wildman–Crippen LogP) is 2.93. The summed E-state index contributed by atoms with van der Waals surface area (Å²) in [6.07, 6.45) is 3.04. The third-order valence-electron chi connectivity index (χ3n) is 3.33. The fraction of sp³-hybridized carbons (Fsp3) is 0.312. The van der Waals surface area contributed by atoms with Gasteiger partial charge >= 0.3 is 0 Å². The Morgan fingerprint density at radius 3 is 2.63 bits per heavy atom. The zero-order valence-electron chi connectivity index (χ0n) is 11.3. The first-order chi connectivity index (χ1) is 9.20. The molecule has 0 spiro atoms. The van der Waals surface area contributed by atoms with Crippen molar-refractivity contribution in [1.82, 2.24) is 4.90 Å². The van der Waals surface area contributed by atoms with Gasteiger partial charge in [0.25, 0.3) is 0 Å². The third kappa shape index (κ3) is 3.46. The summed E-state index contributed by atoms with van der Waals surface area (Å²) in [5, 5.41) is 0. The quantitative estimate of drug-likeness (QED) is 0.840. The van der Waals surface area contributed by atoms with Gasteiger partial charge in [0.15, 0.2) is 0 Å². The molecule has 0 fully saturated rings. The van der Waals surface area contributed by atoms with Crippen LogP contribution in [-0.4, -0.2) is 18.0 Å². The second-order valence-electron chi connectivity index (χ2n) is 4.84. The van der Waals surface area contributed by atoms with Crippen molar-refractivity contribution < 1.29 is 0 Å². The van der Waals surface area contributed by atoms with Crippen LogP contribution in [0.1, 0.15) is 18.9 Å². The van der Waals surface area contributed by atoms with Crippen molar-refractivity contribution in [1.29, 1.82) is 0 Å². The molecule has 0 unspecified atom stereocenters. The van der Waals surface area contributed by atoms with Crippen molar-refractivity contribution in [2.75, 3.05) is 13.1 Å². The van der Waals surface area contributed by atoms with Crippen molar-refractivity contribution in [3.8, 4) is 0 Å². The minimum Gasteiger partial charge on any atom is -0.411 e. The summed E-state index contributed by atoms with van der Waals surface area (Å²) in [4.78, 5) is 5.92. The molecule has 98 valence electrons. The topological polar surface area (TPSA) is 33.6 Å². The highest BCUT2D eigenvalue weighted by molar-refractivity contribution is 5.39. The lowest BCUT2D eigenvalue weighted by Crippen LogP contribution is -2.28. The number of benzene rings is 1. The molecular formula is C16H19N3. The standard InChI is InChI=1S/C16H19N3/c1-13(17)16(18-2)15-8-10-19(11-9-15)12-14-6-4-3-5-7-14/h3-8H,9-12,17H2,1H3/b16-13+. The molecule has 1 heterocycles. The summed E-state index contributed by atoms with van der Waals surface area (Å²) < 4.78 is 0. The van der Waals surface area contributed by atoms with Crippen LogP contribution < -0.4 is 5.73 Å². The SMILES string of the molecule is [C-]#[N+]/C(C1=CCN(Cc2ccccc2)CC1)=C(\C)N. The number of hydrogen-bond acceptors (Lipinski definition) is 2. The molecule has 1 aromatic rings. The van der Waals surface area contributed by atoms with E-state index in [0.29, 0.717) is 11.4 Å². The van der Waals surface area contributed by atoms with Gasteiger partial charge in [0, 0.05) is 25.3 Å². The predicted molar refractivity (Wildman–Crippen MR) is 77.9 cm³/mol. The summed E-state index contributed by atoms with van der Waals surface area (Å²) in [6.45, 7) is 11.8. The Kier molecular flexibility index (Phi) is 4.38. The molecule has 3 nitrogen and oxygen atoms in total. The molecule has 0 radical (unpaired) electrons. The number of allylic oxidation sites excluding steroid dienone is 2. The van der Waals surface area contributed by atoms with Gasteiger partial charge in [-0.15, -0.1) is 0 Å². The van der Waals surface area contributed by atoms with Gasteiger partial charge in [-0.25, -0.2) is 4.85 Å². The van der Waals surface area contributed by atoms with Crippen molar-refractivity contribution in [3.05, 3.63) is 70.4 Å². The van der Waals surface area contributed by atoms with Crippen molar-refractivity contribution in [3.63, 3.8) is 0 Å². The second kappa shape index (κ2) is 6.21. The van der Waals surface area contributed by atoms with Crippen LogP contribution in [0, 0.1) is 6.57 Å². The Labute approximate surface area is 114 Å². The lowest BCUT2D eigenvalue weighted by atomic mass is 10.0. The number of hydrogen-bond donors (Lipinski definition) is 1. The summed E-state index contributed by atoms with van der Waals surface area (Å²) in [6, 6.07) is 10.5. The van der Waals surface area contributed by atoms with Gasteiger partial charge in [0.05, 0.1) is 6.57 Å². The van der Waals surface area contributed by atoms with E-state index in [1.807, 2.05) is 6.07 Å². The number of rotatable bonds is 3. The van der Waals surface area contributed by atoms with Crippen LogP contribution in [0.25, 0.3) is 4.85 Å². The Morgan fingerprint density at radius 2 is 2.11 bits per heavy atom. The molecule has 1 aliphatic heterocycles. The van der Waals surface area contributed by atoms with Crippen LogP contribution in [-0.2, 0) is 6.54 Å². The average Bonchev–Trinajstić information content (AvgIpc) is 2.42. The Hall–Kier alpha value is -2.05. The molecule has 0 amide bonds. The van der Waals surface area contributed by atoms with E-state index in [9.17, 15) is 0 Å². The summed E-state index contributed by atoms with van der Waals surface area (Å²) in [7, 11) is 0. The molecule has 0 saturated carbocycles. The van der Waals surface area contributed by atoms with E-state index in [1.165, 1.54) is 5.56 Å². The van der Waals surface area contributed by atoms with E-state index in [1.54, 1.807) is 6.92 Å². The Bertz CT molecular complexity index is 531. The van der Waals surface area contributed by atoms with Crippen LogP contribution in [0.2, 0.25) is 0 Å². The molecule has 2 N–H and O–H groups in total. The molecule has 0 aliphatic carbocycles. The van der Waals surface area contributed by atoms with E-state index >= 15 is 0 Å². The van der Waals surface area contributed by atoms with Gasteiger partial charge in [0.1, 0.15) is 0 Å². The molecular weight excluding hydrogens is 234 g/mol. The molecule has 0 saturated heterocycles. The molecule has 3 heteroatoms. The monoisotopic (exact) mass is 253 g/mol. The van der Waals surface area contributed by atoms with E-state index in [2.05, 4.69) is 40.1 Å². The summed E-state index contributed by atoms with van der Waals surface area (Å²) >= 11 is 0. The number of nitrogens with zero attached hydrogens (tertiary/aromatic N) is 2. The highest BCUT2D eigenvalue weighted by Crippen LogP contribution is 2.22. The molecule has 1 aliphatic rings. The molecule has 1 aromatic carbocycles. The largest absolute Gasteiger partial charge is 0.411 e. The smallest absolute Gasteiger partial charge is 0.207 e. The van der Waals surface area contributed by atoms with Gasteiger partial charge in [0.2, 0.25) is 5.70 Å². The third-order valence-corrected chi connectivity index (χ3v) is 3.33. The van der Waals surface area contributed by atoms with Gasteiger partial charge in [-0.1, -0.05) is 36.4 Å². The zero-order valence-corrected chi connectivity index (χ0v) is 11.3. The van der Waals surface area contributed by atoms with Gasteiger partial charge in [-0.2, -0.15) is 0 Å². The van der Waals surface area contributed by atoms with E-state index in [0.717, 1.165) is 31.6 Å². The first-order valence-electron chi connectivity index (χ1n) is 6.50. The lowest BCUT2D eigenvalue weighted by Gasteiger charge is -2.26. The van der Waals surface area contributed by atoms with Crippen molar-refractivity contribution in [2.45, 2.75) is 19.9 Å². The van der Waals surface area contributed by atoms with Crippen LogP contribution in [0.15, 0.2) is 53.4 Å². The van der Waals surface area contributed by atoms with Gasteiger partial charge in [-0.3, -0.25) is 4.90 Å². The maximum absolute atomic E-state index is 7.19. The molecule has 19 heavy (non-hydrogen) atoms. The summed E-state index contributed by atoms with van der Waals surface area (Å²) in [5.41, 5.74) is 9.43. The molecule has 2 rings (SSSR count). The number of nitrogens with two attached hydrogens (primary N) is 1. The fourth-order valence-corrected chi connectivity index (χ4v) is 2.32. The van der Waals surface area contributed by atoms with Crippen molar-refractivity contribution >= 4 is 0 Å². The van der Waals surface area contributed by atoms with Crippen molar-refractivity contribution in [2.24, 2.45) is 5.73 Å². The molecule has 0 atom stereocenters. The first kappa shape index (κ1) is 13.4. The minimum atomic E-state index is 0.623. The van der Waals surface area contributed by atoms with E-state index < -0.39 is 0 Å². The maximum atomic E-state index is 7.19. The van der Waals surface area contributed by atoms with Crippen LogP contribution >= 0.6 is 0 Å². The highest BCUT2D eigenvalue weighted by atomic mass is 15.1. The average molecular weight is 253 g/mol. The van der Waals surface area contributed by atoms with E-state index in [4.69, 9.17) is 12.3 Å². The second-order valence-corrected chi connectivity index (χ2v) is 4.84. The lowest BCUT2D eigenvalue weighted by molar-refractivity contribution is 0.287. The van der Waals surface area contributed by atoms with Crippen LogP contribution in [0.5, 0.6) is 0 Å². The fourth-order valence-electron chi connectivity index (χ4n) is 2.32. The zero-order chi connectivity index (χ0) is 13.7. The van der Waals surface area contributed by atoms with Gasteiger partial charge < -0.3 is 5.73 Å². The molecule has 0 aromatic heterocycles. The molecule has 0 bridgehead atoms. The minimum absolute atomic E-state index is 0.623. The Balaban J connectivity index is 2.01. The first-order valence-corrected chi connectivity index (χ1v) is 6.50. The van der Waals surface area contributed by atoms with Crippen LogP contribution in [0.4, 0.5) is 0 Å². The maximum Gasteiger partial charge on any atom is 0.207 e.